The molecule has 0 unspecified atom stereocenters. The Labute approximate surface area is 76.0 Å². The van der Waals surface area contributed by atoms with Crippen molar-refractivity contribution in [2.75, 3.05) is 0 Å². The average Bonchev–Trinajstić information content (AvgIpc) is 2.50. The molecule has 1 aromatic rings. The van der Waals surface area contributed by atoms with E-state index in [9.17, 15) is 13.2 Å². The lowest BCUT2D eigenvalue weighted by atomic mass is 10.4. The van der Waals surface area contributed by atoms with Crippen LogP contribution in [0.1, 0.15) is 16.8 Å². The van der Waals surface area contributed by atoms with Gasteiger partial charge in [0.1, 0.15) is 5.01 Å². The van der Waals surface area contributed by atoms with Crippen LogP contribution in [0.15, 0.2) is 5.38 Å². The first-order chi connectivity index (χ1) is 5.95. The van der Waals surface area contributed by atoms with Crippen molar-refractivity contribution in [3.8, 4) is 12.3 Å². The van der Waals surface area contributed by atoms with Gasteiger partial charge in [0.15, 0.2) is 11.8 Å². The van der Waals surface area contributed by atoms with Crippen LogP contribution in [0.25, 0.3) is 0 Å². The second-order valence-electron chi connectivity index (χ2n) is 2.14. The fourth-order valence-corrected chi connectivity index (χ4v) is 1.38. The highest BCUT2D eigenvalue weighted by Gasteiger charge is 2.34. The summed E-state index contributed by atoms with van der Waals surface area (Å²) >= 11 is 0.685. The number of aliphatic hydroxyl groups is 1. The first-order valence-corrected chi connectivity index (χ1v) is 4.00. The Kier molecular flexibility index (Phi) is 2.59. The Morgan fingerprint density at radius 1 is 1.62 bits per heavy atom. The minimum atomic E-state index is -4.48. The molecule has 0 aromatic carbocycles. The molecule has 0 saturated carbocycles. The number of thiazole rings is 1. The second kappa shape index (κ2) is 3.36. The summed E-state index contributed by atoms with van der Waals surface area (Å²) in [4.78, 5) is 3.15. The summed E-state index contributed by atoms with van der Waals surface area (Å²) in [6, 6.07) is 0. The molecule has 0 aliphatic heterocycles. The zero-order valence-electron chi connectivity index (χ0n) is 6.17. The lowest BCUT2D eigenvalue weighted by molar-refractivity contribution is -0.140. The predicted molar refractivity (Wildman–Crippen MR) is 40.9 cm³/mol. The quantitative estimate of drug-likeness (QED) is 0.712. The number of alkyl halides is 3. The Morgan fingerprint density at radius 2 is 2.23 bits per heavy atom. The van der Waals surface area contributed by atoms with Crippen LogP contribution in [0.3, 0.4) is 0 Å². The van der Waals surface area contributed by atoms with Crippen molar-refractivity contribution in [3.63, 3.8) is 0 Å². The zero-order valence-corrected chi connectivity index (χ0v) is 6.99. The smallest absolute Gasteiger partial charge is 0.374 e. The van der Waals surface area contributed by atoms with E-state index >= 15 is 0 Å². The fraction of sp³-hybridized carbons (Fsp3) is 0.286. The molecule has 0 radical (unpaired) electrons. The van der Waals surface area contributed by atoms with Gasteiger partial charge in [-0.15, -0.1) is 17.8 Å². The molecule has 0 aliphatic rings. The largest absolute Gasteiger partial charge is 0.434 e. The number of aromatic nitrogens is 1. The molecule has 0 fully saturated rings. The van der Waals surface area contributed by atoms with Crippen molar-refractivity contribution < 1.29 is 18.3 Å². The minimum absolute atomic E-state index is 0.116. The van der Waals surface area contributed by atoms with Crippen molar-refractivity contribution in [2.24, 2.45) is 0 Å². The predicted octanol–water partition coefficient (Wildman–Crippen LogP) is 1.83. The molecular weight excluding hydrogens is 203 g/mol. The van der Waals surface area contributed by atoms with E-state index in [1.165, 1.54) is 0 Å². The first kappa shape index (κ1) is 10.0. The third-order valence-electron chi connectivity index (χ3n) is 1.20. The number of halogens is 3. The third kappa shape index (κ3) is 2.20. The molecule has 6 heteroatoms. The lowest BCUT2D eigenvalue weighted by Gasteiger charge is -2.00. The van der Waals surface area contributed by atoms with Gasteiger partial charge in [0, 0.05) is 5.38 Å². The number of terminal acetylenes is 1. The van der Waals surface area contributed by atoms with E-state index < -0.39 is 18.0 Å². The normalized spacial score (nSPS) is 13.8. The topological polar surface area (TPSA) is 33.1 Å². The molecular formula is C7H4F3NOS. The summed E-state index contributed by atoms with van der Waals surface area (Å²) in [5.41, 5.74) is -1.03. The maximum absolute atomic E-state index is 12.0. The zero-order chi connectivity index (χ0) is 10.1. The maximum atomic E-state index is 12.0. The van der Waals surface area contributed by atoms with Crippen LogP contribution in [-0.4, -0.2) is 10.1 Å². The van der Waals surface area contributed by atoms with E-state index in [1.807, 2.05) is 5.92 Å². The Morgan fingerprint density at radius 3 is 2.62 bits per heavy atom. The monoisotopic (exact) mass is 207 g/mol. The van der Waals surface area contributed by atoms with E-state index in [0.717, 1.165) is 5.38 Å². The van der Waals surface area contributed by atoms with E-state index in [0.29, 0.717) is 11.3 Å². The fourth-order valence-electron chi connectivity index (χ4n) is 0.615. The summed E-state index contributed by atoms with van der Waals surface area (Å²) in [6.45, 7) is 0. The van der Waals surface area contributed by atoms with Gasteiger partial charge in [-0.2, -0.15) is 13.2 Å². The van der Waals surface area contributed by atoms with Gasteiger partial charge in [-0.25, -0.2) is 4.98 Å². The van der Waals surface area contributed by atoms with Crippen molar-refractivity contribution in [3.05, 3.63) is 16.1 Å². The number of hydrogen-bond acceptors (Lipinski definition) is 3. The van der Waals surface area contributed by atoms with Crippen molar-refractivity contribution in [1.29, 1.82) is 0 Å². The number of rotatable bonds is 1. The first-order valence-electron chi connectivity index (χ1n) is 3.12. The van der Waals surface area contributed by atoms with Gasteiger partial charge in [-0.3, -0.25) is 0 Å². The van der Waals surface area contributed by atoms with Crippen molar-refractivity contribution >= 4 is 11.3 Å². The van der Waals surface area contributed by atoms with Crippen molar-refractivity contribution in [1.82, 2.24) is 4.98 Å². The lowest BCUT2D eigenvalue weighted by Crippen LogP contribution is -2.05. The van der Waals surface area contributed by atoms with E-state index in [2.05, 4.69) is 4.98 Å². The molecule has 0 saturated heterocycles. The van der Waals surface area contributed by atoms with Crippen LogP contribution in [0.2, 0.25) is 0 Å². The molecule has 0 amide bonds. The van der Waals surface area contributed by atoms with Crippen LogP contribution >= 0.6 is 11.3 Å². The van der Waals surface area contributed by atoms with Gasteiger partial charge in [0.2, 0.25) is 0 Å². The summed E-state index contributed by atoms with van der Waals surface area (Å²) in [7, 11) is 0. The Hall–Kier alpha value is -1.06. The Bertz CT molecular complexity index is 338. The summed E-state index contributed by atoms with van der Waals surface area (Å²) in [6.07, 6.45) is -1.04. The average molecular weight is 207 g/mol. The van der Waals surface area contributed by atoms with E-state index in [4.69, 9.17) is 11.5 Å². The van der Waals surface area contributed by atoms with E-state index in [1.54, 1.807) is 0 Å². The second-order valence-corrected chi connectivity index (χ2v) is 3.03. The number of hydrogen-bond donors (Lipinski definition) is 1. The SMILES string of the molecule is C#C[C@H](O)c1nc(C(F)(F)F)cs1. The highest BCUT2D eigenvalue weighted by Crippen LogP contribution is 2.31. The van der Waals surface area contributed by atoms with Crippen LogP contribution in [0, 0.1) is 12.3 Å². The van der Waals surface area contributed by atoms with E-state index in [-0.39, 0.29) is 5.01 Å². The van der Waals surface area contributed by atoms with Crippen molar-refractivity contribution in [2.45, 2.75) is 12.3 Å². The highest BCUT2D eigenvalue weighted by atomic mass is 32.1. The van der Waals surface area contributed by atoms with Gasteiger partial charge in [-0.1, -0.05) is 5.92 Å². The molecule has 2 nitrogen and oxygen atoms in total. The molecule has 0 aliphatic carbocycles. The van der Waals surface area contributed by atoms with Gasteiger partial charge in [-0.05, 0) is 0 Å². The summed E-state index contributed by atoms with van der Waals surface area (Å²) < 4.78 is 35.9. The molecule has 1 N–H and O–H groups in total. The maximum Gasteiger partial charge on any atom is 0.434 e. The van der Waals surface area contributed by atoms with Crippen LogP contribution in [0.5, 0.6) is 0 Å². The molecule has 13 heavy (non-hydrogen) atoms. The standard InChI is InChI=1S/C7H4F3NOS/c1-2-4(12)6-11-5(3-13-6)7(8,9)10/h1,3-4,12H/t4-/m0/s1. The van der Waals surface area contributed by atoms with Crippen LogP contribution in [-0.2, 0) is 6.18 Å². The minimum Gasteiger partial charge on any atom is -0.374 e. The van der Waals surface area contributed by atoms with Gasteiger partial charge < -0.3 is 5.11 Å². The number of nitrogens with zero attached hydrogens (tertiary/aromatic N) is 1. The third-order valence-corrected chi connectivity index (χ3v) is 2.10. The summed E-state index contributed by atoms with van der Waals surface area (Å²) in [5.74, 6) is 1.88. The van der Waals surface area contributed by atoms with Crippen LogP contribution in [0.4, 0.5) is 13.2 Å². The van der Waals surface area contributed by atoms with Gasteiger partial charge in [0.25, 0.3) is 0 Å². The van der Waals surface area contributed by atoms with Crippen LogP contribution < -0.4 is 0 Å². The molecule has 0 bridgehead atoms. The molecule has 1 rings (SSSR count). The summed E-state index contributed by atoms with van der Waals surface area (Å²) in [5, 5.41) is 9.65. The Balaban J connectivity index is 2.95. The molecule has 70 valence electrons. The number of aliphatic hydroxyl groups excluding tert-OH is 1. The highest BCUT2D eigenvalue weighted by molar-refractivity contribution is 7.09. The van der Waals surface area contributed by atoms with Gasteiger partial charge in [0.05, 0.1) is 0 Å². The molecule has 1 aromatic heterocycles. The molecule has 1 atom stereocenters. The molecule has 0 spiro atoms. The molecule has 1 heterocycles. The van der Waals surface area contributed by atoms with Gasteiger partial charge >= 0.3 is 6.18 Å².